The van der Waals surface area contributed by atoms with Crippen molar-refractivity contribution in [2.24, 2.45) is 17.8 Å². The minimum absolute atomic E-state index is 0.00574. The van der Waals surface area contributed by atoms with Crippen LogP contribution < -0.4 is 0 Å². The monoisotopic (exact) mass is 814 g/mol. The molecule has 8 nitrogen and oxygen atoms in total. The second-order valence-electron chi connectivity index (χ2n) is 19.3. The molecule has 0 N–H and O–H groups in total. The molecule has 0 saturated carbocycles. The minimum atomic E-state index is -3.64. The smallest absolute Gasteiger partial charge is 0.195 e. The van der Waals surface area contributed by atoms with Gasteiger partial charge in [0.05, 0.1) is 47.8 Å². The molecular weight excluding hydrogens is 737 g/mol. The summed E-state index contributed by atoms with van der Waals surface area (Å²) >= 11 is 0. The average Bonchev–Trinajstić information content (AvgIpc) is 3.37. The van der Waals surface area contributed by atoms with Gasteiger partial charge in [-0.3, -0.25) is 0 Å². The number of rotatable bonds is 18. The fraction of sp³-hybridized carbons (Fsp3) is 0.854. The van der Waals surface area contributed by atoms with Crippen LogP contribution in [0.25, 0.3) is 0 Å². The molecule has 308 valence electrons. The van der Waals surface area contributed by atoms with Crippen LogP contribution in [0.5, 0.6) is 0 Å². The van der Waals surface area contributed by atoms with Gasteiger partial charge in [0.1, 0.15) is 6.29 Å². The minimum Gasteiger partial charge on any atom is -0.414 e. The van der Waals surface area contributed by atoms with Gasteiger partial charge in [0.15, 0.2) is 34.8 Å². The van der Waals surface area contributed by atoms with Crippen molar-refractivity contribution in [1.82, 2.24) is 0 Å². The number of hydrogen-bond donors (Lipinski definition) is 0. The van der Waals surface area contributed by atoms with E-state index in [2.05, 4.69) is 102 Å². The van der Waals surface area contributed by atoms with Gasteiger partial charge >= 0.3 is 0 Å². The van der Waals surface area contributed by atoms with E-state index < -0.39 is 46.8 Å². The highest BCUT2D eigenvalue weighted by atomic mass is 32.2. The first-order valence-electron chi connectivity index (χ1n) is 20.5. The molecule has 0 bridgehead atoms. The normalized spacial score (nSPS) is 28.7. The molecular formula is C41H78O8SSi3. The van der Waals surface area contributed by atoms with Crippen LogP contribution in [0.4, 0.5) is 0 Å². The summed E-state index contributed by atoms with van der Waals surface area (Å²) in [6.07, 6.45) is 0.178. The van der Waals surface area contributed by atoms with Crippen LogP contribution in [0.3, 0.4) is 0 Å². The number of sulfone groups is 1. The van der Waals surface area contributed by atoms with Crippen molar-refractivity contribution in [2.75, 3.05) is 19.5 Å². The predicted octanol–water partition coefficient (Wildman–Crippen LogP) is 10.5. The Morgan fingerprint density at radius 2 is 1.40 bits per heavy atom. The van der Waals surface area contributed by atoms with Gasteiger partial charge in [-0.15, -0.1) is 0 Å². The molecule has 2 aliphatic rings. The van der Waals surface area contributed by atoms with E-state index >= 15 is 0 Å². The molecule has 7 unspecified atom stereocenters. The lowest BCUT2D eigenvalue weighted by Gasteiger charge is -2.43. The predicted molar refractivity (Wildman–Crippen MR) is 226 cm³/mol. The fourth-order valence-corrected chi connectivity index (χ4v) is 14.2. The zero-order valence-corrected chi connectivity index (χ0v) is 40.2. The molecule has 53 heavy (non-hydrogen) atoms. The number of hydrogen-bond acceptors (Lipinski definition) is 8. The van der Waals surface area contributed by atoms with Crippen molar-refractivity contribution in [3.63, 3.8) is 0 Å². The lowest BCUT2D eigenvalue weighted by molar-refractivity contribution is -0.196. The Kier molecular flexibility index (Phi) is 16.3. The molecule has 2 heterocycles. The first-order chi connectivity index (χ1) is 24.4. The average molecular weight is 815 g/mol. The topological polar surface area (TPSA) is 89.5 Å². The standard InChI is InChI=1S/C41H78O8SSi3/c1-17-53(18-2,19-3)49-38-25-30(4)31(5)35(47-38)27-36-34(29-50(42,43)33-23-21-20-22-24-33)39(44-12)37(46-36)26-32(48-52(15,16)41(9,10)11)28-45-51(13,14)40(6,7)8/h20-24,30-32,34-39H,17-19,25-29H2,1-16H3/t30?,31?,32?,34?,35?,36-,37?,38?,39+/m0/s1. The SMILES string of the molecule is CC[Si](CC)(CC)OC1CC(C)C(C)C(C[C@@H]2OC(CC(CO[Si](C)(C)C(C)(C)C)O[Si](C)(C)C(C)(C)C)[C@H](OC)C2CS(=O)(=O)c2ccccc2)O1. The third kappa shape index (κ3) is 11.8. The number of ether oxygens (including phenoxy) is 3. The third-order valence-corrected chi connectivity index (χ3v) is 29.2. The van der Waals surface area contributed by atoms with Gasteiger partial charge in [0.2, 0.25) is 0 Å². The summed E-state index contributed by atoms with van der Waals surface area (Å²) in [6.45, 7) is 34.4. The Morgan fingerprint density at radius 3 is 1.91 bits per heavy atom. The van der Waals surface area contributed by atoms with Crippen molar-refractivity contribution in [2.45, 2.75) is 192 Å². The van der Waals surface area contributed by atoms with E-state index in [1.807, 2.05) is 6.07 Å². The van der Waals surface area contributed by atoms with Crippen LogP contribution in [-0.4, -0.2) is 89.6 Å². The van der Waals surface area contributed by atoms with Crippen molar-refractivity contribution in [3.8, 4) is 0 Å². The fourth-order valence-electron chi connectivity index (χ4n) is 7.45. The van der Waals surface area contributed by atoms with E-state index in [4.69, 9.17) is 27.5 Å². The second-order valence-corrected chi connectivity index (χ2v) is 35.6. The third-order valence-electron chi connectivity index (χ3n) is 13.8. The van der Waals surface area contributed by atoms with E-state index in [-0.39, 0.29) is 52.5 Å². The summed E-state index contributed by atoms with van der Waals surface area (Å²) < 4.78 is 69.2. The molecule has 0 amide bonds. The Balaban J connectivity index is 2.00. The molecule has 2 fully saturated rings. The Morgan fingerprint density at radius 1 is 0.830 bits per heavy atom. The maximum Gasteiger partial charge on any atom is 0.195 e. The van der Waals surface area contributed by atoms with Crippen LogP contribution in [-0.2, 0) is 37.3 Å². The molecule has 9 atom stereocenters. The van der Waals surface area contributed by atoms with Gasteiger partial charge in [-0.05, 0) is 78.4 Å². The number of benzene rings is 1. The van der Waals surface area contributed by atoms with E-state index in [1.54, 1.807) is 31.4 Å². The summed E-state index contributed by atoms with van der Waals surface area (Å²) in [4.78, 5) is 0.323. The van der Waals surface area contributed by atoms with Gasteiger partial charge in [0.25, 0.3) is 0 Å². The molecule has 0 radical (unpaired) electrons. The second kappa shape index (κ2) is 18.4. The van der Waals surface area contributed by atoms with E-state index in [9.17, 15) is 8.42 Å². The number of methoxy groups -OCH3 is 1. The van der Waals surface area contributed by atoms with Crippen LogP contribution in [0.2, 0.25) is 54.4 Å². The van der Waals surface area contributed by atoms with Gasteiger partial charge in [-0.2, -0.15) is 0 Å². The van der Waals surface area contributed by atoms with Gasteiger partial charge < -0.3 is 27.5 Å². The van der Waals surface area contributed by atoms with Crippen molar-refractivity contribution in [3.05, 3.63) is 30.3 Å². The van der Waals surface area contributed by atoms with Crippen LogP contribution >= 0.6 is 0 Å². The maximum atomic E-state index is 14.1. The van der Waals surface area contributed by atoms with Crippen molar-refractivity contribution in [1.29, 1.82) is 0 Å². The molecule has 0 aromatic heterocycles. The Hall–Kier alpha value is -0.419. The maximum absolute atomic E-state index is 14.1. The Bertz CT molecular complexity index is 1370. The highest BCUT2D eigenvalue weighted by molar-refractivity contribution is 7.91. The van der Waals surface area contributed by atoms with Crippen LogP contribution in [0.1, 0.15) is 95.4 Å². The first-order valence-corrected chi connectivity index (χ1v) is 30.5. The van der Waals surface area contributed by atoms with Gasteiger partial charge in [-0.25, -0.2) is 8.42 Å². The lowest BCUT2D eigenvalue weighted by Crippen LogP contribution is -2.49. The first kappa shape index (κ1) is 47.0. The largest absolute Gasteiger partial charge is 0.414 e. The van der Waals surface area contributed by atoms with E-state index in [1.165, 1.54) is 0 Å². The molecule has 1 aromatic carbocycles. The molecule has 2 aliphatic heterocycles. The molecule has 2 saturated heterocycles. The summed E-state index contributed by atoms with van der Waals surface area (Å²) in [5.74, 6) is 0.193. The highest BCUT2D eigenvalue weighted by Crippen LogP contribution is 2.44. The zero-order valence-electron chi connectivity index (χ0n) is 36.4. The quantitative estimate of drug-likeness (QED) is 0.135. The molecule has 0 aliphatic carbocycles. The van der Waals surface area contributed by atoms with Crippen molar-refractivity contribution < 1.29 is 35.9 Å². The van der Waals surface area contributed by atoms with Crippen LogP contribution in [0, 0.1) is 17.8 Å². The highest BCUT2D eigenvalue weighted by Gasteiger charge is 2.51. The van der Waals surface area contributed by atoms with Gasteiger partial charge in [0, 0.05) is 32.3 Å². The van der Waals surface area contributed by atoms with E-state index in [0.29, 0.717) is 30.3 Å². The van der Waals surface area contributed by atoms with Gasteiger partial charge in [-0.1, -0.05) is 94.4 Å². The lowest BCUT2D eigenvalue weighted by atomic mass is 9.81. The Labute approximate surface area is 328 Å². The molecule has 1 aromatic rings. The summed E-state index contributed by atoms with van der Waals surface area (Å²) in [5.41, 5.74) is 0. The molecule has 3 rings (SSSR count). The zero-order chi connectivity index (χ0) is 40.2. The summed E-state index contributed by atoms with van der Waals surface area (Å²) in [6, 6.07) is 12.0. The van der Waals surface area contributed by atoms with E-state index in [0.717, 1.165) is 24.6 Å². The van der Waals surface area contributed by atoms with Crippen molar-refractivity contribution >= 4 is 34.8 Å². The summed E-state index contributed by atoms with van der Waals surface area (Å²) in [5, 5.41) is 0.0597. The van der Waals surface area contributed by atoms with Crippen LogP contribution in [0.15, 0.2) is 35.2 Å². The summed E-state index contributed by atoms with van der Waals surface area (Å²) in [7, 11) is -8.14. The molecule has 12 heteroatoms. The molecule has 0 spiro atoms.